The number of hydrogen-bond acceptors (Lipinski definition) is 5. The van der Waals surface area contributed by atoms with E-state index in [4.69, 9.17) is 16.0 Å². The van der Waals surface area contributed by atoms with Crippen LogP contribution in [0.3, 0.4) is 0 Å². The van der Waals surface area contributed by atoms with Crippen LogP contribution in [0.25, 0.3) is 11.8 Å². The zero-order valence-electron chi connectivity index (χ0n) is 17.6. The van der Waals surface area contributed by atoms with Crippen molar-refractivity contribution in [2.24, 2.45) is 0 Å². The molecule has 0 aliphatic carbocycles. The third kappa shape index (κ3) is 3.92. The Bertz CT molecular complexity index is 1270. The van der Waals surface area contributed by atoms with Gasteiger partial charge in [-0.1, -0.05) is 17.7 Å². The number of furan rings is 1. The predicted octanol–water partition coefficient (Wildman–Crippen LogP) is 4.22. The van der Waals surface area contributed by atoms with Gasteiger partial charge >= 0.3 is 12.0 Å². The zero-order chi connectivity index (χ0) is 23.0. The average molecular weight is 454 g/mol. The lowest BCUT2D eigenvalue weighted by molar-refractivity contribution is -0.123. The lowest BCUT2D eigenvalue weighted by Crippen LogP contribution is -2.30. The van der Waals surface area contributed by atoms with Crippen molar-refractivity contribution in [2.75, 3.05) is 7.11 Å². The Kier molecular flexibility index (Phi) is 5.63. The van der Waals surface area contributed by atoms with Crippen LogP contribution in [-0.4, -0.2) is 34.5 Å². The van der Waals surface area contributed by atoms with Crippen molar-refractivity contribution in [2.45, 2.75) is 20.4 Å². The Morgan fingerprint density at radius 2 is 1.97 bits per heavy atom. The van der Waals surface area contributed by atoms with Gasteiger partial charge in [0.15, 0.2) is 0 Å². The third-order valence-corrected chi connectivity index (χ3v) is 5.40. The van der Waals surface area contributed by atoms with E-state index in [1.807, 2.05) is 42.7 Å². The number of hydrogen-bond donors (Lipinski definition) is 1. The van der Waals surface area contributed by atoms with Gasteiger partial charge in [-0.25, -0.2) is 9.59 Å². The summed E-state index contributed by atoms with van der Waals surface area (Å²) in [7, 11) is 1.24. The van der Waals surface area contributed by atoms with Gasteiger partial charge in [0.2, 0.25) is 5.76 Å². The van der Waals surface area contributed by atoms with Crippen molar-refractivity contribution in [3.8, 4) is 5.69 Å². The van der Waals surface area contributed by atoms with Gasteiger partial charge in [0, 0.05) is 22.1 Å². The highest BCUT2D eigenvalue weighted by atomic mass is 35.5. The molecule has 2 aromatic heterocycles. The summed E-state index contributed by atoms with van der Waals surface area (Å²) >= 11 is 6.13. The van der Waals surface area contributed by atoms with E-state index in [1.165, 1.54) is 19.2 Å². The first kappa shape index (κ1) is 21.5. The highest BCUT2D eigenvalue weighted by Gasteiger charge is 2.34. The molecule has 8 nitrogen and oxygen atoms in total. The summed E-state index contributed by atoms with van der Waals surface area (Å²) in [6.45, 7) is 3.77. The monoisotopic (exact) mass is 453 g/mol. The molecule has 0 spiro atoms. The summed E-state index contributed by atoms with van der Waals surface area (Å²) in [6, 6.07) is 11.8. The van der Waals surface area contributed by atoms with Gasteiger partial charge in [-0.05, 0) is 61.9 Å². The number of methoxy groups -OCH3 is 1. The molecule has 3 aromatic rings. The maximum Gasteiger partial charge on any atom is 0.373 e. The van der Waals surface area contributed by atoms with Crippen LogP contribution in [0.4, 0.5) is 4.79 Å². The number of esters is 1. The smallest absolute Gasteiger partial charge is 0.373 e. The number of aryl methyl sites for hydroxylation is 1. The van der Waals surface area contributed by atoms with Crippen molar-refractivity contribution in [3.63, 3.8) is 0 Å². The second-order valence-corrected chi connectivity index (χ2v) is 7.72. The molecule has 4 rings (SSSR count). The van der Waals surface area contributed by atoms with Crippen LogP contribution in [0, 0.1) is 13.8 Å². The molecular weight excluding hydrogens is 434 g/mol. The number of benzene rings is 1. The molecule has 9 heteroatoms. The van der Waals surface area contributed by atoms with Crippen LogP contribution in [-0.2, 0) is 16.1 Å². The summed E-state index contributed by atoms with van der Waals surface area (Å²) in [5.41, 5.74) is 3.70. The molecule has 1 aromatic carbocycles. The summed E-state index contributed by atoms with van der Waals surface area (Å²) in [5.74, 6) is -0.837. The number of aromatic nitrogens is 1. The number of carbonyl (C=O) groups is 3. The van der Waals surface area contributed by atoms with Crippen molar-refractivity contribution >= 4 is 35.6 Å². The molecule has 1 saturated heterocycles. The van der Waals surface area contributed by atoms with E-state index in [-0.39, 0.29) is 23.8 Å². The number of rotatable bonds is 5. The normalized spacial score (nSPS) is 14.9. The largest absolute Gasteiger partial charge is 0.463 e. The lowest BCUT2D eigenvalue weighted by atomic mass is 10.2. The number of imide groups is 1. The molecule has 1 aliphatic heterocycles. The molecule has 0 saturated carbocycles. The fraction of sp³-hybridized carbons (Fsp3) is 0.174. The quantitative estimate of drug-likeness (QED) is 0.354. The van der Waals surface area contributed by atoms with Crippen LogP contribution in [0.1, 0.15) is 33.3 Å². The van der Waals surface area contributed by atoms with Crippen molar-refractivity contribution in [3.05, 3.63) is 81.7 Å². The molecule has 1 aliphatic rings. The van der Waals surface area contributed by atoms with Crippen molar-refractivity contribution in [1.29, 1.82) is 0 Å². The van der Waals surface area contributed by atoms with Gasteiger partial charge in [-0.2, -0.15) is 0 Å². The van der Waals surface area contributed by atoms with Gasteiger partial charge in [-0.15, -0.1) is 0 Å². The maximum atomic E-state index is 12.9. The van der Waals surface area contributed by atoms with E-state index < -0.39 is 17.9 Å². The fourth-order valence-electron chi connectivity index (χ4n) is 3.65. The first-order valence-corrected chi connectivity index (χ1v) is 10.1. The lowest BCUT2D eigenvalue weighted by Gasteiger charge is -2.10. The van der Waals surface area contributed by atoms with E-state index in [2.05, 4.69) is 10.1 Å². The van der Waals surface area contributed by atoms with E-state index in [9.17, 15) is 14.4 Å². The van der Waals surface area contributed by atoms with E-state index in [1.54, 1.807) is 12.1 Å². The highest BCUT2D eigenvalue weighted by molar-refractivity contribution is 6.30. The molecule has 164 valence electrons. The Balaban J connectivity index is 1.59. The minimum absolute atomic E-state index is 0.00113. The molecule has 1 fully saturated rings. The van der Waals surface area contributed by atoms with Crippen LogP contribution >= 0.6 is 11.6 Å². The van der Waals surface area contributed by atoms with Gasteiger partial charge in [0.1, 0.15) is 11.5 Å². The minimum Gasteiger partial charge on any atom is -0.463 e. The summed E-state index contributed by atoms with van der Waals surface area (Å²) in [5, 5.41) is 3.23. The summed E-state index contributed by atoms with van der Waals surface area (Å²) < 4.78 is 12.0. The minimum atomic E-state index is -0.635. The highest BCUT2D eigenvalue weighted by Crippen LogP contribution is 2.26. The van der Waals surface area contributed by atoms with E-state index >= 15 is 0 Å². The first-order chi connectivity index (χ1) is 15.3. The third-order valence-electron chi connectivity index (χ3n) is 5.16. The van der Waals surface area contributed by atoms with Gasteiger partial charge in [-0.3, -0.25) is 9.69 Å². The Morgan fingerprint density at radius 1 is 1.19 bits per heavy atom. The predicted molar refractivity (Wildman–Crippen MR) is 117 cm³/mol. The molecule has 0 unspecified atom stereocenters. The molecule has 0 radical (unpaired) electrons. The van der Waals surface area contributed by atoms with Gasteiger partial charge < -0.3 is 19.0 Å². The number of carbonyl (C=O) groups excluding carboxylic acids is 3. The molecule has 3 heterocycles. The second-order valence-electron chi connectivity index (χ2n) is 7.28. The van der Waals surface area contributed by atoms with E-state index in [0.29, 0.717) is 5.02 Å². The molecular formula is C23H20ClN3O5. The molecule has 32 heavy (non-hydrogen) atoms. The maximum absolute atomic E-state index is 12.9. The van der Waals surface area contributed by atoms with E-state index in [0.717, 1.165) is 27.5 Å². The summed E-state index contributed by atoms with van der Waals surface area (Å²) in [6.07, 6.45) is 1.64. The summed E-state index contributed by atoms with van der Waals surface area (Å²) in [4.78, 5) is 37.8. The Labute approximate surface area is 189 Å². The van der Waals surface area contributed by atoms with Crippen LogP contribution in [0.15, 0.2) is 52.6 Å². The topological polar surface area (TPSA) is 93.8 Å². The Morgan fingerprint density at radius 3 is 2.69 bits per heavy atom. The number of urea groups is 1. The number of nitrogens with one attached hydrogen (secondary N) is 1. The van der Waals surface area contributed by atoms with Gasteiger partial charge in [0.05, 0.1) is 13.7 Å². The van der Waals surface area contributed by atoms with Crippen LogP contribution in [0.5, 0.6) is 0 Å². The zero-order valence-corrected chi connectivity index (χ0v) is 18.4. The average Bonchev–Trinajstić information content (AvgIpc) is 3.41. The molecule has 0 atom stereocenters. The first-order valence-electron chi connectivity index (χ1n) is 9.75. The number of nitrogens with zero attached hydrogens (tertiary/aromatic N) is 2. The fourth-order valence-corrected chi connectivity index (χ4v) is 3.83. The second kappa shape index (κ2) is 8.39. The Hall–Kier alpha value is -3.78. The van der Waals surface area contributed by atoms with Crippen LogP contribution in [0.2, 0.25) is 5.02 Å². The number of halogens is 1. The number of amides is 3. The van der Waals surface area contributed by atoms with Gasteiger partial charge in [0.25, 0.3) is 5.91 Å². The van der Waals surface area contributed by atoms with Crippen molar-refractivity contribution in [1.82, 2.24) is 14.8 Å². The molecule has 0 bridgehead atoms. The standard InChI is InChI=1S/C23H20ClN3O5/c1-13-9-15(14(2)27(13)17-6-4-5-16(24)11-17)10-19-21(28)26(23(30)25-19)12-18-7-8-20(32-18)22(29)31-3/h4-11H,12H2,1-3H3,(H,25,30). The SMILES string of the molecule is COC(=O)c1ccc(CN2C(=O)NC(=Cc3cc(C)n(-c4cccc(Cl)c4)c3C)C2=O)o1. The molecule has 3 amide bonds. The van der Waals surface area contributed by atoms with Crippen molar-refractivity contribution < 1.29 is 23.5 Å². The molecule has 1 N–H and O–H groups in total. The van der Waals surface area contributed by atoms with Crippen LogP contribution < -0.4 is 5.32 Å². The number of ether oxygens (including phenoxy) is 1.